The molecule has 1 aromatic carbocycles. The molecule has 0 aromatic heterocycles. The Morgan fingerprint density at radius 3 is 2.00 bits per heavy atom. The van der Waals surface area contributed by atoms with Crippen molar-refractivity contribution in [3.8, 4) is 12.5 Å². The van der Waals surface area contributed by atoms with Crippen molar-refractivity contribution < 1.29 is 19.1 Å². The van der Waals surface area contributed by atoms with Crippen LogP contribution in [0.5, 0.6) is 0 Å². The van der Waals surface area contributed by atoms with Crippen molar-refractivity contribution in [1.82, 2.24) is 0 Å². The molecular formula is C13H8N2O4. The smallest absolute Gasteiger partial charge is 0.347 e. The normalized spacial score (nSPS) is 8.74. The minimum absolute atomic E-state index is 0.0499. The Balaban J connectivity index is 3.34. The fourth-order valence-corrected chi connectivity index (χ4v) is 1.53. The molecule has 0 saturated heterocycles. The predicted molar refractivity (Wildman–Crippen MR) is 62.4 cm³/mol. The SMILES string of the molecule is C=CCc1c(C(=O)OC#N)cccc1C(=O)OC#N. The monoisotopic (exact) mass is 256 g/mol. The molecule has 0 aliphatic heterocycles. The molecule has 1 aromatic rings. The Morgan fingerprint density at radius 1 is 1.16 bits per heavy atom. The molecule has 0 aliphatic carbocycles. The highest BCUT2D eigenvalue weighted by molar-refractivity contribution is 5.98. The van der Waals surface area contributed by atoms with Crippen LogP contribution in [0.25, 0.3) is 0 Å². The molecule has 0 atom stereocenters. The van der Waals surface area contributed by atoms with Gasteiger partial charge in [0.1, 0.15) is 0 Å². The Hall–Kier alpha value is -3.12. The topological polar surface area (TPSA) is 100 Å². The number of esters is 2. The van der Waals surface area contributed by atoms with Crippen molar-refractivity contribution in [3.63, 3.8) is 0 Å². The van der Waals surface area contributed by atoms with E-state index in [4.69, 9.17) is 10.5 Å². The molecule has 1 rings (SSSR count). The molecule has 0 bridgehead atoms. The summed E-state index contributed by atoms with van der Waals surface area (Å²) in [6.07, 6.45) is 4.19. The number of hydrogen-bond acceptors (Lipinski definition) is 6. The van der Waals surface area contributed by atoms with Gasteiger partial charge in [-0.2, -0.15) is 0 Å². The highest BCUT2D eigenvalue weighted by Gasteiger charge is 2.20. The van der Waals surface area contributed by atoms with Crippen molar-refractivity contribution in [2.45, 2.75) is 6.42 Å². The van der Waals surface area contributed by atoms with Crippen LogP contribution in [0.4, 0.5) is 0 Å². The molecule has 0 aliphatic rings. The number of hydrogen-bond donors (Lipinski definition) is 0. The summed E-state index contributed by atoms with van der Waals surface area (Å²) in [6, 6.07) is 4.23. The second-order valence-corrected chi connectivity index (χ2v) is 3.29. The number of carbonyl (C=O) groups is 2. The van der Waals surface area contributed by atoms with E-state index in [1.165, 1.54) is 36.8 Å². The van der Waals surface area contributed by atoms with Gasteiger partial charge < -0.3 is 9.47 Å². The quantitative estimate of drug-likeness (QED) is 0.461. The van der Waals surface area contributed by atoms with E-state index in [2.05, 4.69) is 16.1 Å². The lowest BCUT2D eigenvalue weighted by Gasteiger charge is -2.08. The number of allylic oxidation sites excluding steroid dienone is 1. The molecule has 6 nitrogen and oxygen atoms in total. The van der Waals surface area contributed by atoms with Crippen LogP contribution in [0.15, 0.2) is 30.9 Å². The van der Waals surface area contributed by atoms with Gasteiger partial charge in [0.25, 0.3) is 12.5 Å². The second-order valence-electron chi connectivity index (χ2n) is 3.29. The van der Waals surface area contributed by atoms with Gasteiger partial charge in [-0.25, -0.2) is 9.59 Å². The van der Waals surface area contributed by atoms with Crippen molar-refractivity contribution in [3.05, 3.63) is 47.5 Å². The van der Waals surface area contributed by atoms with E-state index >= 15 is 0 Å². The van der Waals surface area contributed by atoms with Crippen LogP contribution in [-0.2, 0) is 15.9 Å². The first-order valence-electron chi connectivity index (χ1n) is 5.09. The average molecular weight is 256 g/mol. The third-order valence-corrected chi connectivity index (χ3v) is 2.24. The molecule has 0 spiro atoms. The van der Waals surface area contributed by atoms with Gasteiger partial charge in [0, 0.05) is 0 Å². The Kier molecular flexibility index (Phi) is 4.83. The van der Waals surface area contributed by atoms with E-state index in [1.54, 1.807) is 0 Å². The molecule has 0 heterocycles. The minimum atomic E-state index is -0.883. The molecule has 94 valence electrons. The molecular weight excluding hydrogens is 248 g/mol. The molecule has 0 radical (unpaired) electrons. The summed E-state index contributed by atoms with van der Waals surface area (Å²) in [5.41, 5.74) is 0.390. The van der Waals surface area contributed by atoms with E-state index in [1.807, 2.05) is 0 Å². The molecule has 0 saturated carbocycles. The summed E-state index contributed by atoms with van der Waals surface area (Å²) in [4.78, 5) is 23.2. The third-order valence-electron chi connectivity index (χ3n) is 2.24. The Morgan fingerprint density at radius 2 is 1.63 bits per heavy atom. The lowest BCUT2D eigenvalue weighted by atomic mass is 9.98. The Bertz CT molecular complexity index is 562. The fraction of sp³-hybridized carbons (Fsp3) is 0.0769. The van der Waals surface area contributed by atoms with E-state index in [9.17, 15) is 9.59 Å². The lowest BCUT2D eigenvalue weighted by Crippen LogP contribution is -2.12. The largest absolute Gasteiger partial charge is 0.353 e. The summed E-state index contributed by atoms with van der Waals surface area (Å²) in [6.45, 7) is 3.51. The number of ether oxygens (including phenoxy) is 2. The summed E-state index contributed by atoms with van der Waals surface area (Å²) in [5, 5.41) is 16.7. The van der Waals surface area contributed by atoms with Gasteiger partial charge in [-0.05, 0) is 24.1 Å². The second kappa shape index (κ2) is 6.58. The number of nitrogens with zero attached hydrogens (tertiary/aromatic N) is 2. The van der Waals surface area contributed by atoms with Crippen LogP contribution < -0.4 is 0 Å². The van der Waals surface area contributed by atoms with Gasteiger partial charge in [-0.3, -0.25) is 0 Å². The predicted octanol–water partition coefficient (Wildman–Crippen LogP) is 1.69. The zero-order valence-electron chi connectivity index (χ0n) is 9.75. The number of carbonyl (C=O) groups excluding carboxylic acids is 2. The fourth-order valence-electron chi connectivity index (χ4n) is 1.53. The molecule has 19 heavy (non-hydrogen) atoms. The molecule has 0 unspecified atom stereocenters. The summed E-state index contributed by atoms with van der Waals surface area (Å²) >= 11 is 0. The van der Waals surface area contributed by atoms with Gasteiger partial charge in [-0.1, -0.05) is 12.1 Å². The minimum Gasteiger partial charge on any atom is -0.347 e. The Labute approximate surface area is 109 Å². The van der Waals surface area contributed by atoms with E-state index in [0.717, 1.165) is 0 Å². The molecule has 6 heteroatoms. The van der Waals surface area contributed by atoms with Gasteiger partial charge in [0.05, 0.1) is 11.1 Å². The maximum absolute atomic E-state index is 11.6. The van der Waals surface area contributed by atoms with Gasteiger partial charge in [0.15, 0.2) is 0 Å². The van der Waals surface area contributed by atoms with Crippen molar-refractivity contribution >= 4 is 11.9 Å². The highest BCUT2D eigenvalue weighted by Crippen LogP contribution is 2.18. The van der Waals surface area contributed by atoms with Gasteiger partial charge in [-0.15, -0.1) is 17.1 Å². The van der Waals surface area contributed by atoms with E-state index < -0.39 is 11.9 Å². The van der Waals surface area contributed by atoms with Crippen molar-refractivity contribution in [2.24, 2.45) is 0 Å². The lowest BCUT2D eigenvalue weighted by molar-refractivity contribution is 0.0683. The maximum Gasteiger partial charge on any atom is 0.353 e. The van der Waals surface area contributed by atoms with Gasteiger partial charge in [0.2, 0.25) is 0 Å². The summed E-state index contributed by atoms with van der Waals surface area (Å²) < 4.78 is 8.45. The maximum atomic E-state index is 11.6. The van der Waals surface area contributed by atoms with Gasteiger partial charge >= 0.3 is 11.9 Å². The summed E-state index contributed by atoms with van der Waals surface area (Å²) in [7, 11) is 0. The summed E-state index contributed by atoms with van der Waals surface area (Å²) in [5.74, 6) is -1.77. The highest BCUT2D eigenvalue weighted by atomic mass is 16.5. The van der Waals surface area contributed by atoms with Crippen LogP contribution in [-0.4, -0.2) is 11.9 Å². The van der Waals surface area contributed by atoms with Crippen molar-refractivity contribution in [1.29, 1.82) is 10.5 Å². The zero-order chi connectivity index (χ0) is 14.3. The zero-order valence-corrected chi connectivity index (χ0v) is 9.75. The number of benzene rings is 1. The number of nitriles is 2. The third kappa shape index (κ3) is 3.18. The van der Waals surface area contributed by atoms with Crippen LogP contribution in [0.3, 0.4) is 0 Å². The van der Waals surface area contributed by atoms with Crippen LogP contribution >= 0.6 is 0 Å². The molecule has 0 fully saturated rings. The van der Waals surface area contributed by atoms with Crippen LogP contribution in [0.1, 0.15) is 26.3 Å². The molecule has 0 amide bonds. The number of rotatable bonds is 4. The van der Waals surface area contributed by atoms with E-state index in [-0.39, 0.29) is 23.1 Å². The first-order valence-corrected chi connectivity index (χ1v) is 5.09. The first kappa shape index (κ1) is 13.9. The molecule has 0 N–H and O–H groups in total. The van der Waals surface area contributed by atoms with Crippen molar-refractivity contribution in [2.75, 3.05) is 0 Å². The first-order chi connectivity index (χ1) is 9.15. The van der Waals surface area contributed by atoms with E-state index in [0.29, 0.717) is 0 Å². The standard InChI is InChI=1S/C13H8N2O4/c1-2-4-9-10(12(16)18-7-14)5-3-6-11(9)13(17)19-8-15/h2-3,5-6H,1,4H2. The van der Waals surface area contributed by atoms with Crippen LogP contribution in [0, 0.1) is 23.0 Å². The average Bonchev–Trinajstić information content (AvgIpc) is 2.39. The van der Waals surface area contributed by atoms with Crippen LogP contribution in [0.2, 0.25) is 0 Å².